The summed E-state index contributed by atoms with van der Waals surface area (Å²) < 4.78 is 0. The molecule has 0 radical (unpaired) electrons. The molecule has 2 fully saturated rings. The molecule has 0 aromatic heterocycles. The lowest BCUT2D eigenvalue weighted by atomic mass is 10.0. The van der Waals surface area contributed by atoms with E-state index in [1.165, 1.54) is 25.9 Å². The second-order valence-electron chi connectivity index (χ2n) is 5.63. The Kier molecular flexibility index (Phi) is 5.01. The number of hydrogen-bond donors (Lipinski definition) is 1. The van der Waals surface area contributed by atoms with Crippen molar-refractivity contribution >= 4 is 5.91 Å². The molecule has 2 aliphatic rings. The summed E-state index contributed by atoms with van der Waals surface area (Å²) >= 11 is 0. The van der Waals surface area contributed by atoms with Crippen LogP contribution in [0.4, 0.5) is 0 Å². The Morgan fingerprint density at radius 2 is 2.00 bits per heavy atom. The van der Waals surface area contributed by atoms with Crippen LogP contribution in [0.15, 0.2) is 0 Å². The van der Waals surface area contributed by atoms with Crippen molar-refractivity contribution < 1.29 is 4.79 Å². The van der Waals surface area contributed by atoms with Gasteiger partial charge >= 0.3 is 0 Å². The summed E-state index contributed by atoms with van der Waals surface area (Å²) in [5.41, 5.74) is 0. The van der Waals surface area contributed by atoms with Gasteiger partial charge < -0.3 is 10.2 Å². The Morgan fingerprint density at radius 3 is 2.67 bits per heavy atom. The van der Waals surface area contributed by atoms with Gasteiger partial charge in [0.2, 0.25) is 5.91 Å². The maximum Gasteiger partial charge on any atom is 0.239 e. The highest BCUT2D eigenvalue weighted by molar-refractivity contribution is 5.82. The number of amides is 1. The van der Waals surface area contributed by atoms with Crippen molar-refractivity contribution in [2.75, 3.05) is 32.7 Å². The molecule has 1 N–H and O–H groups in total. The predicted molar refractivity (Wildman–Crippen MR) is 73.5 cm³/mol. The summed E-state index contributed by atoms with van der Waals surface area (Å²) in [6, 6.07) is 0.575. The van der Waals surface area contributed by atoms with Gasteiger partial charge in [0.1, 0.15) is 0 Å². The number of carbonyl (C=O) groups is 1. The molecule has 2 aliphatic heterocycles. The van der Waals surface area contributed by atoms with Gasteiger partial charge in [-0.15, -0.1) is 0 Å². The molecule has 0 aliphatic carbocycles. The second-order valence-corrected chi connectivity index (χ2v) is 5.63. The Hall–Kier alpha value is -0.610. The molecular weight excluding hydrogens is 226 g/mol. The zero-order chi connectivity index (χ0) is 13.0. The molecule has 18 heavy (non-hydrogen) atoms. The SMILES string of the molecule is CCNC1CCCN(CC(C)N2CCCC2)C1=O. The Balaban J connectivity index is 1.85. The van der Waals surface area contributed by atoms with E-state index in [1.807, 2.05) is 0 Å². The monoisotopic (exact) mass is 253 g/mol. The maximum absolute atomic E-state index is 12.3. The van der Waals surface area contributed by atoms with E-state index in [0.29, 0.717) is 11.9 Å². The number of likely N-dealkylation sites (N-methyl/N-ethyl adjacent to an activating group) is 1. The largest absolute Gasteiger partial charge is 0.340 e. The molecule has 2 saturated heterocycles. The van der Waals surface area contributed by atoms with Crippen molar-refractivity contribution in [3.63, 3.8) is 0 Å². The van der Waals surface area contributed by atoms with Crippen LogP contribution in [-0.4, -0.2) is 60.5 Å². The minimum atomic E-state index is 0.0644. The van der Waals surface area contributed by atoms with Crippen LogP contribution >= 0.6 is 0 Å². The van der Waals surface area contributed by atoms with Crippen LogP contribution in [0.2, 0.25) is 0 Å². The lowest BCUT2D eigenvalue weighted by Gasteiger charge is -2.36. The van der Waals surface area contributed by atoms with Gasteiger partial charge in [0, 0.05) is 19.1 Å². The van der Waals surface area contributed by atoms with Crippen LogP contribution in [0.1, 0.15) is 39.5 Å². The van der Waals surface area contributed by atoms with Crippen LogP contribution < -0.4 is 5.32 Å². The Labute approximate surface area is 111 Å². The summed E-state index contributed by atoms with van der Waals surface area (Å²) in [5.74, 6) is 0.314. The van der Waals surface area contributed by atoms with Gasteiger partial charge in [0.05, 0.1) is 6.04 Å². The molecule has 2 atom stereocenters. The molecule has 0 aromatic carbocycles. The smallest absolute Gasteiger partial charge is 0.239 e. The third-order valence-electron chi connectivity index (χ3n) is 4.23. The fourth-order valence-corrected chi connectivity index (χ4v) is 3.17. The van der Waals surface area contributed by atoms with Crippen LogP contribution in [0.3, 0.4) is 0 Å². The van der Waals surface area contributed by atoms with Gasteiger partial charge in [0.25, 0.3) is 0 Å². The number of nitrogens with zero attached hydrogens (tertiary/aromatic N) is 2. The first-order valence-electron chi connectivity index (χ1n) is 7.48. The lowest BCUT2D eigenvalue weighted by molar-refractivity contribution is -0.136. The minimum absolute atomic E-state index is 0.0644. The molecule has 2 heterocycles. The summed E-state index contributed by atoms with van der Waals surface area (Å²) in [4.78, 5) is 16.9. The number of rotatable bonds is 5. The first-order chi connectivity index (χ1) is 8.72. The van der Waals surface area contributed by atoms with E-state index in [9.17, 15) is 4.79 Å². The second kappa shape index (κ2) is 6.53. The third kappa shape index (κ3) is 3.23. The fourth-order valence-electron chi connectivity index (χ4n) is 3.17. The molecule has 2 unspecified atom stereocenters. The van der Waals surface area contributed by atoms with E-state index in [-0.39, 0.29) is 6.04 Å². The zero-order valence-corrected chi connectivity index (χ0v) is 11.8. The number of nitrogens with one attached hydrogen (secondary N) is 1. The molecule has 0 spiro atoms. The third-order valence-corrected chi connectivity index (χ3v) is 4.23. The minimum Gasteiger partial charge on any atom is -0.340 e. The van der Waals surface area contributed by atoms with Crippen molar-refractivity contribution in [3.05, 3.63) is 0 Å². The highest BCUT2D eigenvalue weighted by Crippen LogP contribution is 2.16. The van der Waals surface area contributed by atoms with Gasteiger partial charge in [-0.25, -0.2) is 0 Å². The molecule has 4 heteroatoms. The molecule has 1 amide bonds. The molecule has 0 saturated carbocycles. The first kappa shape index (κ1) is 13.8. The van der Waals surface area contributed by atoms with Gasteiger partial charge in [-0.05, 0) is 52.2 Å². The number of carbonyl (C=O) groups excluding carboxylic acids is 1. The van der Waals surface area contributed by atoms with E-state index in [2.05, 4.69) is 29.0 Å². The maximum atomic E-state index is 12.3. The lowest BCUT2D eigenvalue weighted by Crippen LogP contribution is -2.53. The van der Waals surface area contributed by atoms with Crippen LogP contribution in [-0.2, 0) is 4.79 Å². The van der Waals surface area contributed by atoms with E-state index >= 15 is 0 Å². The molecule has 4 nitrogen and oxygen atoms in total. The molecule has 104 valence electrons. The highest BCUT2D eigenvalue weighted by Gasteiger charge is 2.30. The van der Waals surface area contributed by atoms with E-state index in [4.69, 9.17) is 0 Å². The first-order valence-corrected chi connectivity index (χ1v) is 7.48. The Bertz CT molecular complexity index is 274. The highest BCUT2D eigenvalue weighted by atomic mass is 16.2. The average molecular weight is 253 g/mol. The van der Waals surface area contributed by atoms with Gasteiger partial charge in [-0.1, -0.05) is 6.92 Å². The van der Waals surface area contributed by atoms with E-state index < -0.39 is 0 Å². The van der Waals surface area contributed by atoms with Crippen molar-refractivity contribution in [1.82, 2.24) is 15.1 Å². The zero-order valence-electron chi connectivity index (χ0n) is 11.8. The number of hydrogen-bond acceptors (Lipinski definition) is 3. The van der Waals surface area contributed by atoms with Crippen LogP contribution in [0.25, 0.3) is 0 Å². The van der Waals surface area contributed by atoms with Gasteiger partial charge in [-0.2, -0.15) is 0 Å². The molecular formula is C14H27N3O. The quantitative estimate of drug-likeness (QED) is 0.796. The summed E-state index contributed by atoms with van der Waals surface area (Å²) in [6.45, 7) is 9.47. The Morgan fingerprint density at radius 1 is 1.28 bits per heavy atom. The molecule has 0 bridgehead atoms. The van der Waals surface area contributed by atoms with Crippen LogP contribution in [0.5, 0.6) is 0 Å². The summed E-state index contributed by atoms with van der Waals surface area (Å²) in [7, 11) is 0. The topological polar surface area (TPSA) is 35.6 Å². The molecule has 2 rings (SSSR count). The summed E-state index contributed by atoms with van der Waals surface area (Å²) in [5, 5.41) is 3.30. The standard InChI is InChI=1S/C14H27N3O/c1-3-15-13-7-6-10-17(14(13)18)11-12(2)16-8-4-5-9-16/h12-13,15H,3-11H2,1-2H3. The normalized spacial score (nSPS) is 27.8. The average Bonchev–Trinajstić information content (AvgIpc) is 2.88. The van der Waals surface area contributed by atoms with E-state index in [1.54, 1.807) is 0 Å². The van der Waals surface area contributed by atoms with Gasteiger partial charge in [0.15, 0.2) is 0 Å². The fraction of sp³-hybridized carbons (Fsp3) is 0.929. The van der Waals surface area contributed by atoms with Crippen molar-refractivity contribution in [2.45, 2.75) is 51.6 Å². The summed E-state index contributed by atoms with van der Waals surface area (Å²) in [6.07, 6.45) is 4.77. The van der Waals surface area contributed by atoms with Gasteiger partial charge in [-0.3, -0.25) is 9.69 Å². The predicted octanol–water partition coefficient (Wildman–Crippen LogP) is 1.07. The number of piperidine rings is 1. The number of likely N-dealkylation sites (tertiary alicyclic amines) is 2. The van der Waals surface area contributed by atoms with Crippen molar-refractivity contribution in [3.8, 4) is 0 Å². The van der Waals surface area contributed by atoms with Crippen molar-refractivity contribution in [2.24, 2.45) is 0 Å². The van der Waals surface area contributed by atoms with E-state index in [0.717, 1.165) is 32.5 Å². The molecule has 0 aromatic rings. The van der Waals surface area contributed by atoms with Crippen molar-refractivity contribution in [1.29, 1.82) is 0 Å². The van der Waals surface area contributed by atoms with Crippen LogP contribution in [0, 0.1) is 0 Å².